The van der Waals surface area contributed by atoms with E-state index in [1.165, 1.54) is 0 Å². The Morgan fingerprint density at radius 3 is 2.54 bits per heavy atom. The number of hydrogen-bond acceptors (Lipinski definition) is 8. The van der Waals surface area contributed by atoms with Crippen molar-refractivity contribution in [3.63, 3.8) is 0 Å². The molecule has 1 spiro atoms. The minimum Gasteiger partial charge on any atom is -0.456 e. The molecule has 2 aromatic rings. The van der Waals surface area contributed by atoms with E-state index in [4.69, 9.17) is 24.1 Å². The standard InChI is InChI=1S/C38H42N2O8/c41-17-15-39-35(42)29-6-3-16-40(29)36(43)28-19-32(34-33(20-28)47-38(48-34)21-26-4-1-2-5-27(26)22-38)46-37(44)25-12-9-23(10-13-25)7-8-24-11-14-30-31(18-24)45-30/h1-2,4-5,7-10,12-13,20,24,29-34,41H,3,6,11,14-19,21-22H2,(H,39,42)/t24?,29-,30?,31?,32-,33-,34+/m1/s1. The number of nitrogens with zero attached hydrogens (tertiary/aromatic N) is 1. The summed E-state index contributed by atoms with van der Waals surface area (Å²) >= 11 is 0. The number of carbonyl (C=O) groups excluding carboxylic acids is 3. The quantitative estimate of drug-likeness (QED) is 0.327. The van der Waals surface area contributed by atoms with Crippen LogP contribution in [0.15, 0.2) is 66.3 Å². The first-order valence-corrected chi connectivity index (χ1v) is 17.4. The van der Waals surface area contributed by atoms with Crippen LogP contribution in [0.4, 0.5) is 0 Å². The molecule has 3 heterocycles. The van der Waals surface area contributed by atoms with Gasteiger partial charge >= 0.3 is 5.97 Å². The molecule has 2 aromatic carbocycles. The molecule has 0 radical (unpaired) electrons. The molecule has 6 aliphatic rings. The second-order valence-corrected chi connectivity index (χ2v) is 14.0. The van der Waals surface area contributed by atoms with Crippen LogP contribution in [0.25, 0.3) is 6.08 Å². The summed E-state index contributed by atoms with van der Waals surface area (Å²) in [5.41, 5.74) is 4.18. The topological polar surface area (TPSA) is 127 Å². The van der Waals surface area contributed by atoms with Gasteiger partial charge in [0.25, 0.3) is 0 Å². The first-order chi connectivity index (χ1) is 23.4. The molecule has 1 saturated carbocycles. The minimum absolute atomic E-state index is 0.130. The molecule has 3 aliphatic heterocycles. The average molecular weight is 655 g/mol. The Labute approximate surface area is 280 Å². The summed E-state index contributed by atoms with van der Waals surface area (Å²) in [5, 5.41) is 11.9. The van der Waals surface area contributed by atoms with Gasteiger partial charge in [-0.05, 0) is 72.9 Å². The number of ether oxygens (including phenoxy) is 4. The molecule has 2 N–H and O–H groups in total. The zero-order valence-electron chi connectivity index (χ0n) is 26.9. The number of fused-ring (bicyclic) bond motifs is 3. The maximum atomic E-state index is 14.0. The SMILES string of the molecule is O=C(O[C@@H]1CC(C(=O)N2CCC[C@@H]2C(=O)NCCO)=C[C@H]2OC3(Cc4ccccc4C3)O[C@H]21)c1ccc(C=CC2CCC3OC3C2)cc1. The van der Waals surface area contributed by atoms with Gasteiger partial charge in [0.2, 0.25) is 11.8 Å². The molecule has 3 saturated heterocycles. The molecule has 3 aliphatic carbocycles. The van der Waals surface area contributed by atoms with Gasteiger partial charge in [-0.2, -0.15) is 0 Å². The molecule has 10 heteroatoms. The third kappa shape index (κ3) is 6.22. The summed E-state index contributed by atoms with van der Waals surface area (Å²) in [4.78, 5) is 42.0. The fourth-order valence-corrected chi connectivity index (χ4v) is 8.21. The Morgan fingerprint density at radius 1 is 1.00 bits per heavy atom. The van der Waals surface area contributed by atoms with Gasteiger partial charge in [-0.25, -0.2) is 4.79 Å². The number of amides is 2. The summed E-state index contributed by atoms with van der Waals surface area (Å²) in [6.07, 6.45) is 11.0. The van der Waals surface area contributed by atoms with E-state index in [-0.39, 0.29) is 31.4 Å². The first-order valence-electron chi connectivity index (χ1n) is 17.4. The number of aliphatic hydroxyl groups excluding tert-OH is 1. The maximum absolute atomic E-state index is 14.0. The van der Waals surface area contributed by atoms with E-state index in [1.54, 1.807) is 23.1 Å². The van der Waals surface area contributed by atoms with Crippen LogP contribution in [0.2, 0.25) is 0 Å². The van der Waals surface area contributed by atoms with Gasteiger partial charge < -0.3 is 34.3 Å². The predicted octanol–water partition coefficient (Wildman–Crippen LogP) is 3.50. The van der Waals surface area contributed by atoms with E-state index in [0.717, 1.165) is 36.0 Å². The van der Waals surface area contributed by atoms with Crippen LogP contribution in [-0.2, 0) is 41.4 Å². The van der Waals surface area contributed by atoms with Gasteiger partial charge in [-0.3, -0.25) is 9.59 Å². The van der Waals surface area contributed by atoms with Crippen molar-refractivity contribution in [1.82, 2.24) is 10.2 Å². The number of epoxide rings is 1. The molecule has 0 bridgehead atoms. The predicted molar refractivity (Wildman–Crippen MR) is 175 cm³/mol. The van der Waals surface area contributed by atoms with Crippen LogP contribution < -0.4 is 5.32 Å². The smallest absolute Gasteiger partial charge is 0.338 e. The zero-order chi connectivity index (χ0) is 32.8. The van der Waals surface area contributed by atoms with Crippen LogP contribution in [0.1, 0.15) is 65.6 Å². The van der Waals surface area contributed by atoms with Crippen molar-refractivity contribution in [1.29, 1.82) is 0 Å². The van der Waals surface area contributed by atoms with E-state index < -0.39 is 36.1 Å². The Bertz CT molecular complexity index is 1610. The number of likely N-dealkylation sites (tertiary alicyclic amines) is 1. The number of benzene rings is 2. The molecule has 0 aromatic heterocycles. The molecule has 2 amide bonds. The number of allylic oxidation sites excluding steroid dienone is 1. The normalized spacial score (nSPS) is 31.2. The Kier molecular flexibility index (Phi) is 8.44. The van der Waals surface area contributed by atoms with Crippen LogP contribution in [0.5, 0.6) is 0 Å². The van der Waals surface area contributed by atoms with Crippen molar-refractivity contribution in [3.8, 4) is 0 Å². The fourth-order valence-electron chi connectivity index (χ4n) is 8.21. The van der Waals surface area contributed by atoms with Crippen LogP contribution in [0.3, 0.4) is 0 Å². The summed E-state index contributed by atoms with van der Waals surface area (Å²) in [7, 11) is 0. The number of carbonyl (C=O) groups is 3. The molecule has 10 nitrogen and oxygen atoms in total. The van der Waals surface area contributed by atoms with Crippen LogP contribution in [0, 0.1) is 5.92 Å². The number of esters is 1. The van der Waals surface area contributed by atoms with Crippen molar-refractivity contribution >= 4 is 23.9 Å². The number of aliphatic hydroxyl groups is 1. The Hall–Kier alpha value is -3.83. The summed E-state index contributed by atoms with van der Waals surface area (Å²) < 4.78 is 25.1. The van der Waals surface area contributed by atoms with Gasteiger partial charge in [0.1, 0.15) is 24.4 Å². The molecule has 8 rings (SSSR count). The molecule has 7 atom stereocenters. The van der Waals surface area contributed by atoms with Crippen molar-refractivity contribution in [2.45, 2.75) is 93.7 Å². The van der Waals surface area contributed by atoms with Crippen LogP contribution in [-0.4, -0.2) is 89.8 Å². The zero-order valence-corrected chi connectivity index (χ0v) is 26.9. The van der Waals surface area contributed by atoms with Gasteiger partial charge in [-0.1, -0.05) is 48.6 Å². The molecular formula is C38H42N2O8. The summed E-state index contributed by atoms with van der Waals surface area (Å²) in [6, 6.07) is 14.9. The maximum Gasteiger partial charge on any atom is 0.338 e. The lowest BCUT2D eigenvalue weighted by Gasteiger charge is -2.32. The minimum atomic E-state index is -0.905. The highest BCUT2D eigenvalue weighted by Crippen LogP contribution is 2.45. The number of nitrogens with one attached hydrogen (secondary N) is 1. The number of hydrogen-bond donors (Lipinski definition) is 2. The third-order valence-corrected chi connectivity index (χ3v) is 10.7. The average Bonchev–Trinajstić information content (AvgIpc) is 3.38. The van der Waals surface area contributed by atoms with Crippen molar-refractivity contribution < 1.29 is 38.4 Å². The van der Waals surface area contributed by atoms with E-state index in [0.29, 0.717) is 61.5 Å². The highest BCUT2D eigenvalue weighted by atomic mass is 16.8. The monoisotopic (exact) mass is 654 g/mol. The lowest BCUT2D eigenvalue weighted by Crippen LogP contribution is -2.49. The lowest BCUT2D eigenvalue weighted by molar-refractivity contribution is -0.172. The van der Waals surface area contributed by atoms with E-state index in [1.807, 2.05) is 24.3 Å². The lowest BCUT2D eigenvalue weighted by atomic mass is 9.89. The number of rotatable bonds is 8. The van der Waals surface area contributed by atoms with E-state index in [2.05, 4.69) is 29.6 Å². The fraction of sp³-hybridized carbons (Fsp3) is 0.500. The molecule has 48 heavy (non-hydrogen) atoms. The van der Waals surface area contributed by atoms with Crippen LogP contribution >= 0.6 is 0 Å². The molecule has 4 fully saturated rings. The Morgan fingerprint density at radius 2 is 1.79 bits per heavy atom. The summed E-state index contributed by atoms with van der Waals surface area (Å²) in [5.74, 6) is -1.43. The van der Waals surface area contributed by atoms with E-state index >= 15 is 0 Å². The second-order valence-electron chi connectivity index (χ2n) is 14.0. The largest absolute Gasteiger partial charge is 0.456 e. The van der Waals surface area contributed by atoms with Gasteiger partial charge in [-0.15, -0.1) is 0 Å². The highest BCUT2D eigenvalue weighted by Gasteiger charge is 2.55. The van der Waals surface area contributed by atoms with Gasteiger partial charge in [0.05, 0.1) is 24.4 Å². The highest BCUT2D eigenvalue weighted by molar-refractivity contribution is 5.98. The van der Waals surface area contributed by atoms with E-state index in [9.17, 15) is 14.4 Å². The van der Waals surface area contributed by atoms with Crippen molar-refractivity contribution in [2.75, 3.05) is 19.7 Å². The molecule has 252 valence electrons. The molecule has 3 unspecified atom stereocenters. The van der Waals surface area contributed by atoms with Crippen molar-refractivity contribution in [2.24, 2.45) is 5.92 Å². The van der Waals surface area contributed by atoms with Crippen molar-refractivity contribution in [3.05, 3.63) is 88.5 Å². The van der Waals surface area contributed by atoms with Gasteiger partial charge in [0.15, 0.2) is 5.79 Å². The third-order valence-electron chi connectivity index (χ3n) is 10.7. The first kappa shape index (κ1) is 31.4. The second kappa shape index (κ2) is 12.9. The molecular weight excluding hydrogens is 612 g/mol. The van der Waals surface area contributed by atoms with Gasteiger partial charge in [0, 0.05) is 37.9 Å². The Balaban J connectivity index is 0.994. The summed E-state index contributed by atoms with van der Waals surface area (Å²) in [6.45, 7) is 0.400.